The Kier molecular flexibility index (Phi) is 7.83. The van der Waals surface area contributed by atoms with Gasteiger partial charge in [-0.3, -0.25) is 4.79 Å². The lowest BCUT2D eigenvalue weighted by Gasteiger charge is -2.22. The summed E-state index contributed by atoms with van der Waals surface area (Å²) in [5, 5.41) is 12.2. The Bertz CT molecular complexity index is 859. The van der Waals surface area contributed by atoms with Crippen molar-refractivity contribution < 1.29 is 9.53 Å². The molecule has 0 saturated heterocycles. The van der Waals surface area contributed by atoms with Crippen LogP contribution in [0.2, 0.25) is 0 Å². The molecule has 0 saturated carbocycles. The Morgan fingerprint density at radius 2 is 1.82 bits per heavy atom. The molecule has 3 aromatic rings. The standard InChI is InChI=1S/C20H22N4O2S2/c1-26-13-12-24(14-16-8-4-2-5-9-16)18(25)15-27-20-23-22-19(28-20)21-17-10-6-3-7-11-17/h2-11H,12-15H2,1H3,(H,21,22). The van der Waals surface area contributed by atoms with E-state index >= 15 is 0 Å². The second-order valence-electron chi connectivity index (χ2n) is 5.95. The van der Waals surface area contributed by atoms with Crippen molar-refractivity contribution in [1.82, 2.24) is 15.1 Å². The first kappa shape index (κ1) is 20.3. The van der Waals surface area contributed by atoms with Gasteiger partial charge in [-0.2, -0.15) is 0 Å². The molecule has 1 heterocycles. The first-order chi connectivity index (χ1) is 13.7. The fraction of sp³-hybridized carbons (Fsp3) is 0.250. The Morgan fingerprint density at radius 3 is 2.54 bits per heavy atom. The summed E-state index contributed by atoms with van der Waals surface area (Å²) in [6.45, 7) is 1.63. The molecule has 0 spiro atoms. The number of methoxy groups -OCH3 is 1. The van der Waals surface area contributed by atoms with Crippen molar-refractivity contribution in [2.75, 3.05) is 31.3 Å². The van der Waals surface area contributed by atoms with Gasteiger partial charge in [0.1, 0.15) is 0 Å². The third-order valence-electron chi connectivity index (χ3n) is 3.88. The number of thioether (sulfide) groups is 1. The quantitative estimate of drug-likeness (QED) is 0.505. The van der Waals surface area contributed by atoms with Gasteiger partial charge in [0.05, 0.1) is 12.4 Å². The van der Waals surface area contributed by atoms with Crippen LogP contribution in [-0.2, 0) is 16.1 Å². The van der Waals surface area contributed by atoms with E-state index in [1.807, 2.05) is 65.6 Å². The van der Waals surface area contributed by atoms with Gasteiger partial charge in [-0.05, 0) is 17.7 Å². The van der Waals surface area contributed by atoms with E-state index in [2.05, 4.69) is 15.5 Å². The van der Waals surface area contributed by atoms with Crippen LogP contribution >= 0.6 is 23.1 Å². The second kappa shape index (κ2) is 10.8. The summed E-state index contributed by atoms with van der Waals surface area (Å²) >= 11 is 2.84. The van der Waals surface area contributed by atoms with E-state index < -0.39 is 0 Å². The molecule has 0 aliphatic carbocycles. The number of carbonyl (C=O) groups is 1. The van der Waals surface area contributed by atoms with Gasteiger partial charge in [-0.1, -0.05) is 71.6 Å². The molecule has 1 amide bonds. The fourth-order valence-electron chi connectivity index (χ4n) is 2.48. The molecule has 6 nitrogen and oxygen atoms in total. The number of hydrogen-bond acceptors (Lipinski definition) is 7. The SMILES string of the molecule is COCCN(Cc1ccccc1)C(=O)CSc1nnc(Nc2ccccc2)s1. The number of anilines is 2. The number of para-hydroxylation sites is 1. The van der Waals surface area contributed by atoms with E-state index in [4.69, 9.17) is 4.74 Å². The summed E-state index contributed by atoms with van der Waals surface area (Å²) in [5.74, 6) is 0.370. The summed E-state index contributed by atoms with van der Waals surface area (Å²) < 4.78 is 5.92. The molecule has 3 rings (SSSR count). The van der Waals surface area contributed by atoms with Crippen LogP contribution in [0, 0.1) is 0 Å². The van der Waals surface area contributed by atoms with Crippen LogP contribution in [0.15, 0.2) is 65.0 Å². The van der Waals surface area contributed by atoms with Gasteiger partial charge < -0.3 is 15.0 Å². The minimum atomic E-state index is 0.0543. The number of benzene rings is 2. The van der Waals surface area contributed by atoms with Gasteiger partial charge in [0.15, 0.2) is 4.34 Å². The van der Waals surface area contributed by atoms with Crippen LogP contribution in [0.5, 0.6) is 0 Å². The third kappa shape index (κ3) is 6.33. The smallest absolute Gasteiger partial charge is 0.233 e. The molecule has 1 aromatic heterocycles. The predicted octanol–water partition coefficient (Wildman–Crippen LogP) is 4.05. The number of hydrogen-bond donors (Lipinski definition) is 1. The predicted molar refractivity (Wildman–Crippen MR) is 114 cm³/mol. The fourth-order valence-corrected chi connectivity index (χ4v) is 4.15. The molecule has 1 N–H and O–H groups in total. The summed E-state index contributed by atoms with van der Waals surface area (Å²) in [4.78, 5) is 14.5. The van der Waals surface area contributed by atoms with Crippen molar-refractivity contribution in [1.29, 1.82) is 0 Å². The topological polar surface area (TPSA) is 67.3 Å². The lowest BCUT2D eigenvalue weighted by molar-refractivity contribution is -0.129. The first-order valence-corrected chi connectivity index (χ1v) is 10.6. The van der Waals surface area contributed by atoms with Crippen LogP contribution in [-0.4, -0.2) is 47.0 Å². The summed E-state index contributed by atoms with van der Waals surface area (Å²) in [6.07, 6.45) is 0. The normalized spacial score (nSPS) is 10.6. The summed E-state index contributed by atoms with van der Waals surface area (Å²) in [7, 11) is 1.64. The number of aromatic nitrogens is 2. The number of carbonyl (C=O) groups excluding carboxylic acids is 1. The van der Waals surface area contributed by atoms with E-state index in [-0.39, 0.29) is 5.91 Å². The van der Waals surface area contributed by atoms with Crippen molar-refractivity contribution in [3.05, 3.63) is 66.2 Å². The second-order valence-corrected chi connectivity index (χ2v) is 8.15. The van der Waals surface area contributed by atoms with Crippen LogP contribution in [0.25, 0.3) is 0 Å². The largest absolute Gasteiger partial charge is 0.383 e. The number of nitrogens with one attached hydrogen (secondary N) is 1. The van der Waals surface area contributed by atoms with Crippen molar-refractivity contribution >= 4 is 39.8 Å². The van der Waals surface area contributed by atoms with Crippen molar-refractivity contribution in [3.63, 3.8) is 0 Å². The third-order valence-corrected chi connectivity index (χ3v) is 5.84. The van der Waals surface area contributed by atoms with Gasteiger partial charge in [-0.15, -0.1) is 10.2 Å². The molecular formula is C20H22N4O2S2. The minimum Gasteiger partial charge on any atom is -0.383 e. The van der Waals surface area contributed by atoms with Crippen LogP contribution in [0.1, 0.15) is 5.56 Å². The highest BCUT2D eigenvalue weighted by molar-refractivity contribution is 8.01. The molecule has 2 aromatic carbocycles. The average Bonchev–Trinajstić information content (AvgIpc) is 3.18. The van der Waals surface area contributed by atoms with Gasteiger partial charge in [0.25, 0.3) is 0 Å². The van der Waals surface area contributed by atoms with Gasteiger partial charge in [-0.25, -0.2) is 0 Å². The maximum atomic E-state index is 12.7. The van der Waals surface area contributed by atoms with E-state index in [1.165, 1.54) is 23.1 Å². The first-order valence-electron chi connectivity index (χ1n) is 8.83. The van der Waals surface area contributed by atoms with Crippen LogP contribution in [0.4, 0.5) is 10.8 Å². The van der Waals surface area contributed by atoms with E-state index in [1.54, 1.807) is 7.11 Å². The van der Waals surface area contributed by atoms with Crippen LogP contribution in [0.3, 0.4) is 0 Å². The maximum absolute atomic E-state index is 12.7. The van der Waals surface area contributed by atoms with E-state index in [0.29, 0.717) is 30.6 Å². The minimum absolute atomic E-state index is 0.0543. The molecule has 0 radical (unpaired) electrons. The highest BCUT2D eigenvalue weighted by Gasteiger charge is 2.16. The molecule has 0 aliphatic heterocycles. The Morgan fingerprint density at radius 1 is 1.11 bits per heavy atom. The number of amides is 1. The highest BCUT2D eigenvalue weighted by Crippen LogP contribution is 2.27. The molecule has 0 unspecified atom stereocenters. The number of rotatable bonds is 10. The molecule has 28 heavy (non-hydrogen) atoms. The number of ether oxygens (including phenoxy) is 1. The average molecular weight is 415 g/mol. The Hall–Kier alpha value is -2.42. The van der Waals surface area contributed by atoms with Gasteiger partial charge >= 0.3 is 0 Å². The van der Waals surface area contributed by atoms with Crippen molar-refractivity contribution in [2.45, 2.75) is 10.9 Å². The van der Waals surface area contributed by atoms with Gasteiger partial charge in [0.2, 0.25) is 11.0 Å². The van der Waals surface area contributed by atoms with Crippen molar-refractivity contribution in [2.24, 2.45) is 0 Å². The Labute approximate surface area is 172 Å². The van der Waals surface area contributed by atoms with E-state index in [0.717, 1.165) is 15.6 Å². The molecule has 0 fully saturated rings. The zero-order valence-electron chi connectivity index (χ0n) is 15.6. The zero-order valence-corrected chi connectivity index (χ0v) is 17.2. The lowest BCUT2D eigenvalue weighted by Crippen LogP contribution is -2.34. The summed E-state index contributed by atoms with van der Waals surface area (Å²) in [5.41, 5.74) is 2.06. The highest BCUT2D eigenvalue weighted by atomic mass is 32.2. The monoisotopic (exact) mass is 414 g/mol. The molecule has 8 heteroatoms. The molecule has 0 atom stereocenters. The van der Waals surface area contributed by atoms with Crippen LogP contribution < -0.4 is 5.32 Å². The van der Waals surface area contributed by atoms with Crippen molar-refractivity contribution in [3.8, 4) is 0 Å². The summed E-state index contributed by atoms with van der Waals surface area (Å²) in [6, 6.07) is 19.8. The maximum Gasteiger partial charge on any atom is 0.233 e. The molecule has 0 aliphatic rings. The molecule has 146 valence electrons. The number of nitrogens with zero attached hydrogens (tertiary/aromatic N) is 3. The zero-order chi connectivity index (χ0) is 19.6. The van der Waals surface area contributed by atoms with E-state index in [9.17, 15) is 4.79 Å². The molecule has 0 bridgehead atoms. The Balaban J connectivity index is 1.55. The van der Waals surface area contributed by atoms with Gasteiger partial charge in [0, 0.05) is 25.9 Å². The lowest BCUT2D eigenvalue weighted by atomic mass is 10.2. The molecular weight excluding hydrogens is 392 g/mol.